The number of benzene rings is 1. The number of carbonyl (C=O) groups excluding carboxylic acids is 1. The summed E-state index contributed by atoms with van der Waals surface area (Å²) in [6.45, 7) is 4.06. The quantitative estimate of drug-likeness (QED) is 0.890. The highest BCUT2D eigenvalue weighted by atomic mass is 16.3. The zero-order chi connectivity index (χ0) is 14.5. The number of rotatable bonds is 3. The first-order chi connectivity index (χ1) is 9.61. The van der Waals surface area contributed by atoms with Gasteiger partial charge in [-0.2, -0.15) is 0 Å². The number of amides is 2. The lowest BCUT2D eigenvalue weighted by Crippen LogP contribution is -2.44. The molecule has 1 aromatic carbocycles. The smallest absolute Gasteiger partial charge is 0.321 e. The molecule has 20 heavy (non-hydrogen) atoms. The van der Waals surface area contributed by atoms with Crippen molar-refractivity contribution >= 4 is 17.4 Å². The summed E-state index contributed by atoms with van der Waals surface area (Å²) in [6.07, 6.45) is 1.23. The van der Waals surface area contributed by atoms with Gasteiger partial charge in [-0.3, -0.25) is 0 Å². The average Bonchev–Trinajstić information content (AvgIpc) is 2.47. The summed E-state index contributed by atoms with van der Waals surface area (Å²) >= 11 is 0. The van der Waals surface area contributed by atoms with Crippen LogP contribution in [-0.2, 0) is 0 Å². The largest absolute Gasteiger partial charge is 0.391 e. The van der Waals surface area contributed by atoms with Gasteiger partial charge < -0.3 is 20.2 Å². The van der Waals surface area contributed by atoms with Crippen LogP contribution >= 0.6 is 0 Å². The summed E-state index contributed by atoms with van der Waals surface area (Å²) in [5.41, 5.74) is 1.81. The van der Waals surface area contributed by atoms with E-state index in [1.165, 1.54) is 0 Å². The minimum Gasteiger partial charge on any atom is -0.391 e. The number of nitrogens with one attached hydrogen (secondary N) is 1. The molecule has 5 nitrogen and oxygen atoms in total. The minimum atomic E-state index is -0.400. The van der Waals surface area contributed by atoms with Crippen LogP contribution in [0.15, 0.2) is 24.3 Å². The summed E-state index contributed by atoms with van der Waals surface area (Å²) in [4.78, 5) is 16.0. The first kappa shape index (κ1) is 14.7. The number of likely N-dealkylation sites (tertiary alicyclic amines) is 1. The Balaban J connectivity index is 2.07. The van der Waals surface area contributed by atoms with Gasteiger partial charge in [0.05, 0.1) is 17.5 Å². The number of para-hydroxylation sites is 2. The fourth-order valence-corrected chi connectivity index (χ4v) is 2.42. The first-order valence-corrected chi connectivity index (χ1v) is 7.16. The van der Waals surface area contributed by atoms with Gasteiger partial charge in [-0.15, -0.1) is 0 Å². The molecule has 0 bridgehead atoms. The number of nitrogens with zero attached hydrogens (tertiary/aromatic N) is 2. The van der Waals surface area contributed by atoms with Gasteiger partial charge in [0, 0.05) is 26.7 Å². The van der Waals surface area contributed by atoms with E-state index in [0.29, 0.717) is 13.1 Å². The molecule has 0 radical (unpaired) electrons. The monoisotopic (exact) mass is 277 g/mol. The van der Waals surface area contributed by atoms with Crippen molar-refractivity contribution in [1.29, 1.82) is 0 Å². The second-order valence-electron chi connectivity index (χ2n) is 5.20. The highest BCUT2D eigenvalue weighted by molar-refractivity contribution is 5.93. The van der Waals surface area contributed by atoms with Crippen LogP contribution in [-0.4, -0.2) is 48.8 Å². The fourth-order valence-electron chi connectivity index (χ4n) is 2.42. The van der Waals surface area contributed by atoms with E-state index in [2.05, 4.69) is 17.1 Å². The molecule has 1 aliphatic rings. The Kier molecular flexibility index (Phi) is 4.84. The molecule has 0 saturated carbocycles. The Morgan fingerprint density at radius 1 is 1.50 bits per heavy atom. The maximum Gasteiger partial charge on any atom is 0.321 e. The van der Waals surface area contributed by atoms with E-state index in [1.54, 1.807) is 4.90 Å². The zero-order valence-electron chi connectivity index (χ0n) is 12.2. The Hall–Kier alpha value is -1.75. The number of piperidine rings is 1. The van der Waals surface area contributed by atoms with Crippen molar-refractivity contribution in [2.75, 3.05) is 36.9 Å². The minimum absolute atomic E-state index is 0.138. The number of β-amino-alcohol motifs (C(OH)–C–C–N with tert-alkyl or cyclic N) is 1. The van der Waals surface area contributed by atoms with Crippen LogP contribution in [0.1, 0.15) is 19.8 Å². The third-order valence-corrected chi connectivity index (χ3v) is 3.71. The summed E-state index contributed by atoms with van der Waals surface area (Å²) in [6, 6.07) is 7.63. The molecule has 0 aliphatic carbocycles. The number of aliphatic hydroxyl groups excluding tert-OH is 1. The SMILES string of the molecule is CCN(C)c1ccccc1NC(=O)N1CCCC(O)C1. The third-order valence-electron chi connectivity index (χ3n) is 3.71. The van der Waals surface area contributed by atoms with Crippen molar-refractivity contribution in [3.63, 3.8) is 0 Å². The van der Waals surface area contributed by atoms with Gasteiger partial charge in [-0.25, -0.2) is 4.79 Å². The predicted molar refractivity (Wildman–Crippen MR) is 81.2 cm³/mol. The molecule has 1 unspecified atom stereocenters. The Labute approximate surface area is 120 Å². The molecular weight excluding hydrogens is 254 g/mol. The van der Waals surface area contributed by atoms with Gasteiger partial charge in [-0.05, 0) is 31.9 Å². The van der Waals surface area contributed by atoms with E-state index in [4.69, 9.17) is 0 Å². The van der Waals surface area contributed by atoms with E-state index < -0.39 is 6.10 Å². The maximum atomic E-state index is 12.3. The highest BCUT2D eigenvalue weighted by Gasteiger charge is 2.22. The van der Waals surface area contributed by atoms with Gasteiger partial charge in [0.15, 0.2) is 0 Å². The van der Waals surface area contributed by atoms with E-state index in [9.17, 15) is 9.90 Å². The Morgan fingerprint density at radius 2 is 2.25 bits per heavy atom. The molecule has 1 aromatic rings. The van der Waals surface area contributed by atoms with E-state index in [0.717, 1.165) is 30.8 Å². The standard InChI is InChI=1S/C15H23N3O2/c1-3-17(2)14-9-5-4-8-13(14)16-15(20)18-10-6-7-12(19)11-18/h4-5,8-9,12,19H,3,6-7,10-11H2,1-2H3,(H,16,20). The van der Waals surface area contributed by atoms with E-state index in [-0.39, 0.29) is 6.03 Å². The highest BCUT2D eigenvalue weighted by Crippen LogP contribution is 2.25. The number of carbonyl (C=O) groups is 1. The first-order valence-electron chi connectivity index (χ1n) is 7.16. The number of aliphatic hydroxyl groups is 1. The van der Waals surface area contributed by atoms with Crippen molar-refractivity contribution < 1.29 is 9.90 Å². The van der Waals surface area contributed by atoms with Crippen LogP contribution in [0.2, 0.25) is 0 Å². The molecule has 0 aromatic heterocycles. The van der Waals surface area contributed by atoms with Gasteiger partial charge >= 0.3 is 6.03 Å². The number of hydrogen-bond acceptors (Lipinski definition) is 3. The molecule has 0 spiro atoms. The predicted octanol–water partition coefficient (Wildman–Crippen LogP) is 2.13. The van der Waals surface area contributed by atoms with Crippen LogP contribution in [0, 0.1) is 0 Å². The lowest BCUT2D eigenvalue weighted by molar-refractivity contribution is 0.0883. The topological polar surface area (TPSA) is 55.8 Å². The number of anilines is 2. The molecule has 1 fully saturated rings. The third kappa shape index (κ3) is 3.42. The van der Waals surface area contributed by atoms with E-state index >= 15 is 0 Å². The van der Waals surface area contributed by atoms with Crippen LogP contribution in [0.5, 0.6) is 0 Å². The Morgan fingerprint density at radius 3 is 2.95 bits per heavy atom. The van der Waals surface area contributed by atoms with Gasteiger partial charge in [0.2, 0.25) is 0 Å². The molecule has 1 atom stereocenters. The number of urea groups is 1. The summed E-state index contributed by atoms with van der Waals surface area (Å²) < 4.78 is 0. The molecule has 1 aliphatic heterocycles. The van der Waals surface area contributed by atoms with E-state index in [1.807, 2.05) is 31.3 Å². The molecular formula is C15H23N3O2. The van der Waals surface area contributed by atoms with Gasteiger partial charge in [-0.1, -0.05) is 12.1 Å². The molecule has 110 valence electrons. The number of hydrogen-bond donors (Lipinski definition) is 2. The van der Waals surface area contributed by atoms with Crippen molar-refractivity contribution in [3.05, 3.63) is 24.3 Å². The summed E-state index contributed by atoms with van der Waals surface area (Å²) in [5.74, 6) is 0. The lowest BCUT2D eigenvalue weighted by Gasteiger charge is -2.30. The second kappa shape index (κ2) is 6.61. The second-order valence-corrected chi connectivity index (χ2v) is 5.20. The molecule has 1 saturated heterocycles. The summed E-state index contributed by atoms with van der Waals surface area (Å²) in [7, 11) is 2.00. The van der Waals surface area contributed by atoms with Crippen LogP contribution in [0.25, 0.3) is 0 Å². The average molecular weight is 277 g/mol. The normalized spacial score (nSPS) is 18.8. The molecule has 5 heteroatoms. The molecule has 1 heterocycles. The van der Waals surface area contributed by atoms with Crippen LogP contribution in [0.4, 0.5) is 16.2 Å². The summed E-state index contributed by atoms with van der Waals surface area (Å²) in [5, 5.41) is 12.6. The molecule has 2 amide bonds. The van der Waals surface area contributed by atoms with Crippen molar-refractivity contribution in [2.24, 2.45) is 0 Å². The van der Waals surface area contributed by atoms with Crippen molar-refractivity contribution in [3.8, 4) is 0 Å². The van der Waals surface area contributed by atoms with Gasteiger partial charge in [0.25, 0.3) is 0 Å². The van der Waals surface area contributed by atoms with Gasteiger partial charge in [0.1, 0.15) is 0 Å². The van der Waals surface area contributed by atoms with Crippen LogP contribution < -0.4 is 10.2 Å². The van der Waals surface area contributed by atoms with Crippen molar-refractivity contribution in [1.82, 2.24) is 4.90 Å². The Bertz CT molecular complexity index is 464. The van der Waals surface area contributed by atoms with Crippen LogP contribution in [0.3, 0.4) is 0 Å². The lowest BCUT2D eigenvalue weighted by atomic mass is 10.1. The maximum absolute atomic E-state index is 12.3. The zero-order valence-corrected chi connectivity index (χ0v) is 12.2. The van der Waals surface area contributed by atoms with Crippen molar-refractivity contribution in [2.45, 2.75) is 25.9 Å². The molecule has 2 rings (SSSR count). The molecule has 2 N–H and O–H groups in total. The fraction of sp³-hybridized carbons (Fsp3) is 0.533.